The number of aromatic nitrogens is 3. The SMILES string of the molecule is C=CC(=O)OC(C)Cc1ccc(O)c(-n2nc3cccc(C(C)(C)C)c3n2)c1. The highest BCUT2D eigenvalue weighted by atomic mass is 16.5. The van der Waals surface area contributed by atoms with Gasteiger partial charge in [0.15, 0.2) is 0 Å². The largest absolute Gasteiger partial charge is 0.506 e. The minimum Gasteiger partial charge on any atom is -0.506 e. The number of benzene rings is 2. The lowest BCUT2D eigenvalue weighted by Crippen LogP contribution is -2.15. The van der Waals surface area contributed by atoms with Gasteiger partial charge in [-0.1, -0.05) is 45.5 Å². The summed E-state index contributed by atoms with van der Waals surface area (Å²) in [6.45, 7) is 11.6. The second kappa shape index (κ2) is 7.46. The third kappa shape index (κ3) is 4.06. The van der Waals surface area contributed by atoms with Crippen LogP contribution in [0.25, 0.3) is 16.7 Å². The molecule has 0 saturated carbocycles. The Balaban J connectivity index is 1.97. The van der Waals surface area contributed by atoms with Gasteiger partial charge < -0.3 is 9.84 Å². The van der Waals surface area contributed by atoms with Crippen molar-refractivity contribution in [2.24, 2.45) is 0 Å². The van der Waals surface area contributed by atoms with Gasteiger partial charge in [0, 0.05) is 12.5 Å². The first-order valence-electron chi connectivity index (χ1n) is 9.21. The minimum atomic E-state index is -0.457. The number of aromatic hydroxyl groups is 1. The fraction of sp³-hybridized carbons (Fsp3) is 0.318. The Morgan fingerprint density at radius 1 is 1.29 bits per heavy atom. The van der Waals surface area contributed by atoms with Crippen molar-refractivity contribution in [3.8, 4) is 11.4 Å². The van der Waals surface area contributed by atoms with Crippen molar-refractivity contribution in [2.45, 2.75) is 45.6 Å². The Hall–Kier alpha value is -3.15. The highest BCUT2D eigenvalue weighted by molar-refractivity contribution is 5.81. The van der Waals surface area contributed by atoms with Gasteiger partial charge in [-0.2, -0.15) is 0 Å². The quantitative estimate of drug-likeness (QED) is 0.534. The van der Waals surface area contributed by atoms with Crippen molar-refractivity contribution in [1.29, 1.82) is 0 Å². The van der Waals surface area contributed by atoms with E-state index in [4.69, 9.17) is 4.74 Å². The van der Waals surface area contributed by atoms with E-state index in [2.05, 4.69) is 37.5 Å². The van der Waals surface area contributed by atoms with Crippen molar-refractivity contribution in [2.75, 3.05) is 0 Å². The highest BCUT2D eigenvalue weighted by Crippen LogP contribution is 2.30. The van der Waals surface area contributed by atoms with E-state index in [0.717, 1.165) is 28.2 Å². The molecule has 28 heavy (non-hydrogen) atoms. The molecular weight excluding hydrogens is 354 g/mol. The zero-order valence-corrected chi connectivity index (χ0v) is 16.6. The van der Waals surface area contributed by atoms with Crippen LogP contribution >= 0.6 is 0 Å². The van der Waals surface area contributed by atoms with Crippen molar-refractivity contribution in [3.05, 3.63) is 60.2 Å². The normalized spacial score (nSPS) is 12.7. The van der Waals surface area contributed by atoms with E-state index in [-0.39, 0.29) is 17.3 Å². The van der Waals surface area contributed by atoms with Crippen molar-refractivity contribution in [3.63, 3.8) is 0 Å². The molecule has 6 nitrogen and oxygen atoms in total. The zero-order chi connectivity index (χ0) is 20.5. The van der Waals surface area contributed by atoms with Crippen LogP contribution in [0.1, 0.15) is 38.8 Å². The van der Waals surface area contributed by atoms with Crippen LogP contribution in [0, 0.1) is 0 Å². The van der Waals surface area contributed by atoms with Gasteiger partial charge in [0.05, 0.1) is 0 Å². The summed E-state index contributed by atoms with van der Waals surface area (Å²) in [5.41, 5.74) is 3.98. The van der Waals surface area contributed by atoms with Crippen LogP contribution in [0.15, 0.2) is 49.1 Å². The lowest BCUT2D eigenvalue weighted by Gasteiger charge is -2.18. The molecule has 3 rings (SSSR count). The lowest BCUT2D eigenvalue weighted by atomic mass is 9.86. The van der Waals surface area contributed by atoms with Gasteiger partial charge in [-0.3, -0.25) is 0 Å². The van der Waals surface area contributed by atoms with Crippen LogP contribution in [0.4, 0.5) is 0 Å². The average molecular weight is 379 g/mol. The number of rotatable bonds is 5. The summed E-state index contributed by atoms with van der Waals surface area (Å²) in [6.07, 6.45) is 1.33. The molecule has 0 radical (unpaired) electrons. The second-order valence-corrected chi connectivity index (χ2v) is 7.89. The zero-order valence-electron chi connectivity index (χ0n) is 16.6. The molecule has 6 heteroatoms. The fourth-order valence-electron chi connectivity index (χ4n) is 3.13. The van der Waals surface area contributed by atoms with E-state index in [0.29, 0.717) is 12.1 Å². The highest BCUT2D eigenvalue weighted by Gasteiger charge is 2.20. The number of phenols is 1. The van der Waals surface area contributed by atoms with Gasteiger partial charge in [0.2, 0.25) is 0 Å². The van der Waals surface area contributed by atoms with Gasteiger partial charge >= 0.3 is 5.97 Å². The van der Waals surface area contributed by atoms with E-state index in [9.17, 15) is 9.90 Å². The molecule has 1 N–H and O–H groups in total. The van der Waals surface area contributed by atoms with E-state index >= 15 is 0 Å². The maximum Gasteiger partial charge on any atom is 0.330 e. The molecule has 0 aliphatic rings. The van der Waals surface area contributed by atoms with Gasteiger partial charge in [0.1, 0.15) is 28.6 Å². The Bertz CT molecular complexity index is 1030. The summed E-state index contributed by atoms with van der Waals surface area (Å²) >= 11 is 0. The predicted molar refractivity (Wildman–Crippen MR) is 109 cm³/mol. The smallest absolute Gasteiger partial charge is 0.330 e. The topological polar surface area (TPSA) is 77.2 Å². The first kappa shape index (κ1) is 19.6. The molecule has 0 amide bonds. The Morgan fingerprint density at radius 2 is 2.04 bits per heavy atom. The van der Waals surface area contributed by atoms with Crippen LogP contribution < -0.4 is 0 Å². The third-order valence-corrected chi connectivity index (χ3v) is 4.48. The summed E-state index contributed by atoms with van der Waals surface area (Å²) in [5.74, 6) is -0.377. The number of carbonyl (C=O) groups is 1. The number of ether oxygens (including phenoxy) is 1. The molecule has 3 aromatic rings. The first-order chi connectivity index (χ1) is 13.2. The molecule has 1 heterocycles. The van der Waals surface area contributed by atoms with Gasteiger partial charge in [-0.15, -0.1) is 15.0 Å². The van der Waals surface area contributed by atoms with Crippen molar-refractivity contribution in [1.82, 2.24) is 15.0 Å². The number of carbonyl (C=O) groups excluding carboxylic acids is 1. The molecule has 1 atom stereocenters. The Labute approximate surface area is 164 Å². The van der Waals surface area contributed by atoms with E-state index < -0.39 is 5.97 Å². The fourth-order valence-corrected chi connectivity index (χ4v) is 3.13. The number of esters is 1. The van der Waals surface area contributed by atoms with Crippen LogP contribution in [0.5, 0.6) is 5.75 Å². The standard InChI is InChI=1S/C22H25N3O3/c1-6-20(27)28-14(2)12-15-10-11-19(26)18(13-15)25-23-17-9-7-8-16(21(17)24-25)22(3,4)5/h6-11,13-14,26H,1,12H2,2-5H3. The molecule has 0 aliphatic heterocycles. The number of nitrogens with zero attached hydrogens (tertiary/aromatic N) is 3. The van der Waals surface area contributed by atoms with Gasteiger partial charge in [-0.05, 0) is 41.7 Å². The molecule has 2 aromatic carbocycles. The molecule has 0 bridgehead atoms. The number of fused-ring (bicyclic) bond motifs is 1. The van der Waals surface area contributed by atoms with Gasteiger partial charge in [-0.25, -0.2) is 4.79 Å². The molecule has 0 saturated heterocycles. The maximum atomic E-state index is 11.4. The van der Waals surface area contributed by atoms with E-state index in [1.165, 1.54) is 4.80 Å². The molecule has 1 aromatic heterocycles. The summed E-state index contributed by atoms with van der Waals surface area (Å²) in [7, 11) is 0. The Kier molecular flexibility index (Phi) is 5.23. The van der Waals surface area contributed by atoms with Crippen LogP contribution in [-0.4, -0.2) is 32.2 Å². The van der Waals surface area contributed by atoms with Crippen LogP contribution in [0.2, 0.25) is 0 Å². The van der Waals surface area contributed by atoms with E-state index in [1.54, 1.807) is 12.1 Å². The molecule has 0 spiro atoms. The summed E-state index contributed by atoms with van der Waals surface area (Å²) in [6, 6.07) is 11.1. The Morgan fingerprint density at radius 3 is 2.71 bits per heavy atom. The van der Waals surface area contributed by atoms with E-state index in [1.807, 2.05) is 31.2 Å². The molecule has 146 valence electrons. The molecule has 0 fully saturated rings. The summed E-state index contributed by atoms with van der Waals surface area (Å²) in [4.78, 5) is 12.8. The first-order valence-corrected chi connectivity index (χ1v) is 9.21. The minimum absolute atomic E-state index is 0.0747. The van der Waals surface area contributed by atoms with Gasteiger partial charge in [0.25, 0.3) is 0 Å². The van der Waals surface area contributed by atoms with Crippen LogP contribution in [-0.2, 0) is 21.4 Å². The van der Waals surface area contributed by atoms with Crippen molar-refractivity contribution >= 4 is 17.0 Å². The molecule has 1 unspecified atom stereocenters. The lowest BCUT2D eigenvalue weighted by molar-refractivity contribution is -0.142. The third-order valence-electron chi connectivity index (χ3n) is 4.48. The van der Waals surface area contributed by atoms with Crippen LogP contribution in [0.3, 0.4) is 0 Å². The number of phenolic OH excluding ortho intramolecular Hbond substituents is 1. The predicted octanol–water partition coefficient (Wildman–Crippen LogP) is 4.08. The number of hydrogen-bond acceptors (Lipinski definition) is 5. The summed E-state index contributed by atoms with van der Waals surface area (Å²) < 4.78 is 5.22. The molecular formula is C22H25N3O3. The second-order valence-electron chi connectivity index (χ2n) is 7.89. The monoisotopic (exact) mass is 379 g/mol. The average Bonchev–Trinajstić information content (AvgIpc) is 3.06. The van der Waals surface area contributed by atoms with Crippen molar-refractivity contribution < 1.29 is 14.6 Å². The maximum absolute atomic E-state index is 11.4. The number of hydrogen-bond donors (Lipinski definition) is 1. The summed E-state index contributed by atoms with van der Waals surface area (Å²) in [5, 5.41) is 19.5. The molecule has 0 aliphatic carbocycles.